The Hall–Kier alpha value is -2.11. The highest BCUT2D eigenvalue weighted by atomic mass is 35.5. The van der Waals surface area contributed by atoms with Crippen molar-refractivity contribution in [2.75, 3.05) is 50.2 Å². The summed E-state index contributed by atoms with van der Waals surface area (Å²) in [5, 5.41) is 3.98. The maximum absolute atomic E-state index is 6.33. The van der Waals surface area contributed by atoms with Crippen molar-refractivity contribution in [1.82, 2.24) is 0 Å². The third kappa shape index (κ3) is 4.54. The van der Waals surface area contributed by atoms with E-state index in [4.69, 9.17) is 25.8 Å². The van der Waals surface area contributed by atoms with E-state index < -0.39 is 0 Å². The number of halogens is 1. The summed E-state index contributed by atoms with van der Waals surface area (Å²) in [6.45, 7) is 6.59. The zero-order valence-electron chi connectivity index (χ0n) is 15.3. The molecule has 0 saturated carbocycles. The van der Waals surface area contributed by atoms with Gasteiger partial charge in [0.15, 0.2) is 11.5 Å². The van der Waals surface area contributed by atoms with Gasteiger partial charge in [0.1, 0.15) is 0 Å². The number of ether oxygens (including phenoxy) is 3. The smallest absolute Gasteiger partial charge is 0.179 e. The number of benzene rings is 2. The van der Waals surface area contributed by atoms with Crippen molar-refractivity contribution in [3.05, 3.63) is 47.0 Å². The second kappa shape index (κ2) is 9.01. The first kappa shape index (κ1) is 18.7. The molecule has 0 bridgehead atoms. The highest BCUT2D eigenvalue weighted by molar-refractivity contribution is 6.32. The lowest BCUT2D eigenvalue weighted by Gasteiger charge is -2.29. The van der Waals surface area contributed by atoms with Gasteiger partial charge < -0.3 is 24.4 Å². The Balaban J connectivity index is 1.64. The van der Waals surface area contributed by atoms with Crippen LogP contribution in [0.1, 0.15) is 12.5 Å². The Morgan fingerprint density at radius 3 is 2.54 bits per heavy atom. The van der Waals surface area contributed by atoms with Gasteiger partial charge in [0.05, 0.1) is 32.0 Å². The molecule has 6 heteroatoms. The van der Waals surface area contributed by atoms with Crippen molar-refractivity contribution in [2.45, 2.75) is 13.5 Å². The summed E-state index contributed by atoms with van der Waals surface area (Å²) in [7, 11) is 1.62. The molecular weight excluding hydrogens is 352 g/mol. The van der Waals surface area contributed by atoms with Gasteiger partial charge in [-0.2, -0.15) is 0 Å². The van der Waals surface area contributed by atoms with Crippen molar-refractivity contribution in [1.29, 1.82) is 0 Å². The molecule has 1 aliphatic rings. The predicted molar refractivity (Wildman–Crippen MR) is 106 cm³/mol. The van der Waals surface area contributed by atoms with E-state index in [-0.39, 0.29) is 0 Å². The van der Waals surface area contributed by atoms with E-state index in [1.807, 2.05) is 19.1 Å². The fraction of sp³-hybridized carbons (Fsp3) is 0.400. The Morgan fingerprint density at radius 2 is 1.88 bits per heavy atom. The Bertz CT molecular complexity index is 716. The number of morpholine rings is 1. The molecule has 0 amide bonds. The second-order valence-corrected chi connectivity index (χ2v) is 6.45. The van der Waals surface area contributed by atoms with Crippen molar-refractivity contribution in [3.63, 3.8) is 0 Å². The van der Waals surface area contributed by atoms with Gasteiger partial charge in [-0.25, -0.2) is 0 Å². The van der Waals surface area contributed by atoms with Gasteiger partial charge in [0.25, 0.3) is 0 Å². The SMILES string of the molecule is CCOc1c(Cl)cc(CNc2ccc(N3CCOCC3)cc2)cc1OC. The third-order valence-corrected chi connectivity index (χ3v) is 4.60. The first-order valence-corrected chi connectivity index (χ1v) is 9.25. The van der Waals surface area contributed by atoms with E-state index in [9.17, 15) is 0 Å². The zero-order chi connectivity index (χ0) is 18.4. The minimum absolute atomic E-state index is 0.545. The van der Waals surface area contributed by atoms with Gasteiger partial charge in [0.2, 0.25) is 0 Å². The number of hydrogen-bond donors (Lipinski definition) is 1. The number of nitrogens with one attached hydrogen (secondary N) is 1. The van der Waals surface area contributed by atoms with Crippen LogP contribution in [0.25, 0.3) is 0 Å². The zero-order valence-corrected chi connectivity index (χ0v) is 16.0. The van der Waals surface area contributed by atoms with E-state index in [2.05, 4.69) is 34.5 Å². The molecule has 0 unspecified atom stereocenters. The molecule has 2 aromatic carbocycles. The van der Waals surface area contributed by atoms with Gasteiger partial charge in [-0.15, -0.1) is 0 Å². The lowest BCUT2D eigenvalue weighted by Crippen LogP contribution is -2.36. The molecule has 3 rings (SSSR count). The van der Waals surface area contributed by atoms with E-state index in [1.165, 1.54) is 5.69 Å². The van der Waals surface area contributed by atoms with E-state index >= 15 is 0 Å². The van der Waals surface area contributed by atoms with Crippen LogP contribution in [0, 0.1) is 0 Å². The highest BCUT2D eigenvalue weighted by Crippen LogP contribution is 2.36. The van der Waals surface area contributed by atoms with Gasteiger partial charge in [-0.3, -0.25) is 0 Å². The third-order valence-electron chi connectivity index (χ3n) is 4.32. The summed E-state index contributed by atoms with van der Waals surface area (Å²) in [5.74, 6) is 1.24. The maximum Gasteiger partial charge on any atom is 0.179 e. The quantitative estimate of drug-likeness (QED) is 0.784. The molecule has 2 aromatic rings. The van der Waals surface area contributed by atoms with Crippen molar-refractivity contribution in [3.8, 4) is 11.5 Å². The summed E-state index contributed by atoms with van der Waals surface area (Å²) >= 11 is 6.33. The molecule has 140 valence electrons. The van der Waals surface area contributed by atoms with Crippen molar-refractivity contribution >= 4 is 23.0 Å². The van der Waals surface area contributed by atoms with Crippen LogP contribution in [0.3, 0.4) is 0 Å². The predicted octanol–water partition coefficient (Wildman–Crippen LogP) is 4.20. The van der Waals surface area contributed by atoms with Crippen LogP contribution in [0.5, 0.6) is 11.5 Å². The largest absolute Gasteiger partial charge is 0.493 e. The van der Waals surface area contributed by atoms with Gasteiger partial charge in [0, 0.05) is 31.0 Å². The molecule has 1 saturated heterocycles. The average Bonchev–Trinajstić information content (AvgIpc) is 2.69. The van der Waals surface area contributed by atoms with Crippen LogP contribution in [0.4, 0.5) is 11.4 Å². The average molecular weight is 377 g/mol. The molecule has 1 fully saturated rings. The molecule has 1 aliphatic heterocycles. The number of hydrogen-bond acceptors (Lipinski definition) is 5. The standard InChI is InChI=1S/C20H25ClN2O3/c1-3-26-20-18(21)12-15(13-19(20)24-2)14-22-16-4-6-17(7-5-16)23-8-10-25-11-9-23/h4-7,12-13,22H,3,8-11,14H2,1-2H3. The number of rotatable bonds is 7. The molecule has 5 nitrogen and oxygen atoms in total. The summed E-state index contributed by atoms with van der Waals surface area (Å²) < 4.78 is 16.4. The monoisotopic (exact) mass is 376 g/mol. The summed E-state index contributed by atoms with van der Waals surface area (Å²) in [6, 6.07) is 12.3. The Morgan fingerprint density at radius 1 is 1.15 bits per heavy atom. The molecular formula is C20H25ClN2O3. The molecule has 1 heterocycles. The maximum atomic E-state index is 6.33. The van der Waals surface area contributed by atoms with Crippen molar-refractivity contribution < 1.29 is 14.2 Å². The normalized spacial score (nSPS) is 14.2. The minimum Gasteiger partial charge on any atom is -0.493 e. The van der Waals surface area contributed by atoms with Gasteiger partial charge >= 0.3 is 0 Å². The summed E-state index contributed by atoms with van der Waals surface area (Å²) in [6.07, 6.45) is 0. The molecule has 0 aliphatic carbocycles. The topological polar surface area (TPSA) is 43.0 Å². The van der Waals surface area contributed by atoms with E-state index in [1.54, 1.807) is 7.11 Å². The lowest BCUT2D eigenvalue weighted by molar-refractivity contribution is 0.122. The molecule has 26 heavy (non-hydrogen) atoms. The van der Waals surface area contributed by atoms with Gasteiger partial charge in [-0.05, 0) is 48.9 Å². The van der Waals surface area contributed by atoms with Crippen LogP contribution >= 0.6 is 11.6 Å². The second-order valence-electron chi connectivity index (χ2n) is 6.04. The van der Waals surface area contributed by atoms with Crippen LogP contribution in [-0.4, -0.2) is 40.0 Å². The first-order chi connectivity index (χ1) is 12.7. The Labute approximate surface area is 159 Å². The molecule has 0 aromatic heterocycles. The van der Waals surface area contributed by atoms with Gasteiger partial charge in [-0.1, -0.05) is 11.6 Å². The Kier molecular flexibility index (Phi) is 6.47. The first-order valence-electron chi connectivity index (χ1n) is 8.87. The molecule has 0 radical (unpaired) electrons. The van der Waals surface area contributed by atoms with Crippen LogP contribution in [0.15, 0.2) is 36.4 Å². The molecule has 0 atom stereocenters. The van der Waals surface area contributed by atoms with Crippen LogP contribution in [0.2, 0.25) is 5.02 Å². The summed E-state index contributed by atoms with van der Waals surface area (Å²) in [4.78, 5) is 2.34. The summed E-state index contributed by atoms with van der Waals surface area (Å²) in [5.41, 5.74) is 3.32. The fourth-order valence-corrected chi connectivity index (χ4v) is 3.26. The lowest BCUT2D eigenvalue weighted by atomic mass is 10.2. The fourth-order valence-electron chi connectivity index (χ4n) is 2.98. The van der Waals surface area contributed by atoms with E-state index in [0.29, 0.717) is 29.7 Å². The van der Waals surface area contributed by atoms with Crippen LogP contribution in [-0.2, 0) is 11.3 Å². The molecule has 1 N–H and O–H groups in total. The number of anilines is 2. The van der Waals surface area contributed by atoms with Crippen molar-refractivity contribution in [2.24, 2.45) is 0 Å². The number of nitrogens with zero attached hydrogens (tertiary/aromatic N) is 1. The number of methoxy groups -OCH3 is 1. The van der Waals surface area contributed by atoms with E-state index in [0.717, 1.165) is 37.6 Å². The minimum atomic E-state index is 0.545. The molecule has 0 spiro atoms. The highest BCUT2D eigenvalue weighted by Gasteiger charge is 2.12. The van der Waals surface area contributed by atoms with Crippen LogP contribution < -0.4 is 19.7 Å².